The number of aromatic nitrogens is 4. The summed E-state index contributed by atoms with van der Waals surface area (Å²) in [6.07, 6.45) is -2.40. The number of nitro groups is 1. The first-order valence-electron chi connectivity index (χ1n) is 6.25. The van der Waals surface area contributed by atoms with Crippen LogP contribution in [0.25, 0.3) is 0 Å². The third kappa shape index (κ3) is 3.84. The highest BCUT2D eigenvalue weighted by atomic mass is 19.4. The maximum atomic E-state index is 12.5. The second kappa shape index (κ2) is 6.06. The lowest BCUT2D eigenvalue weighted by atomic mass is 10.3. The zero-order chi connectivity index (χ0) is 17.2. The molecule has 2 rings (SSSR count). The average Bonchev–Trinajstić information content (AvgIpc) is 3.04. The van der Waals surface area contributed by atoms with Gasteiger partial charge in [-0.3, -0.25) is 24.3 Å². The molecular formula is C11H11F3N6O3. The number of alkyl halides is 3. The lowest BCUT2D eigenvalue weighted by molar-refractivity contribution is -0.385. The van der Waals surface area contributed by atoms with Crippen molar-refractivity contribution in [3.63, 3.8) is 0 Å². The number of nitrogens with zero attached hydrogens (tertiary/aromatic N) is 5. The van der Waals surface area contributed by atoms with Gasteiger partial charge in [0.25, 0.3) is 5.91 Å². The van der Waals surface area contributed by atoms with E-state index >= 15 is 0 Å². The zero-order valence-electron chi connectivity index (χ0n) is 11.7. The third-order valence-electron chi connectivity index (χ3n) is 2.86. The Balaban J connectivity index is 1.94. The number of rotatable bonds is 5. The van der Waals surface area contributed by atoms with Crippen LogP contribution >= 0.6 is 0 Å². The molecule has 0 aliphatic rings. The Hall–Kier alpha value is -2.92. The number of amides is 1. The Bertz CT molecular complexity index is 736. The summed E-state index contributed by atoms with van der Waals surface area (Å²) in [5.74, 6) is -0.739. The van der Waals surface area contributed by atoms with Gasteiger partial charge in [0.1, 0.15) is 18.1 Å². The number of carbonyl (C=O) groups is 1. The minimum Gasteiger partial charge on any atom is -0.349 e. The minimum absolute atomic E-state index is 0.0319. The van der Waals surface area contributed by atoms with Crippen molar-refractivity contribution in [3.8, 4) is 0 Å². The third-order valence-corrected chi connectivity index (χ3v) is 2.86. The topological polar surface area (TPSA) is 108 Å². The molecule has 0 aliphatic carbocycles. The smallest absolute Gasteiger partial charge is 0.349 e. The largest absolute Gasteiger partial charge is 0.435 e. The van der Waals surface area contributed by atoms with Crippen LogP contribution in [0.1, 0.15) is 16.2 Å². The molecule has 2 heterocycles. The van der Waals surface area contributed by atoms with Crippen molar-refractivity contribution in [1.82, 2.24) is 24.9 Å². The second-order valence-corrected chi connectivity index (χ2v) is 4.51. The molecule has 0 fully saturated rings. The molecule has 0 aromatic carbocycles. The molecular weight excluding hydrogens is 321 g/mol. The Kier molecular flexibility index (Phi) is 4.33. The van der Waals surface area contributed by atoms with Crippen molar-refractivity contribution in [3.05, 3.63) is 40.0 Å². The lowest BCUT2D eigenvalue weighted by Gasteiger charge is -2.05. The zero-order valence-corrected chi connectivity index (χ0v) is 11.7. The predicted molar refractivity (Wildman–Crippen MR) is 69.4 cm³/mol. The van der Waals surface area contributed by atoms with Crippen molar-refractivity contribution in [2.24, 2.45) is 7.05 Å². The molecule has 2 aromatic heterocycles. The molecule has 1 amide bonds. The summed E-state index contributed by atoms with van der Waals surface area (Å²) in [4.78, 5) is 21.7. The van der Waals surface area contributed by atoms with Crippen molar-refractivity contribution in [2.45, 2.75) is 12.7 Å². The van der Waals surface area contributed by atoms with Crippen molar-refractivity contribution < 1.29 is 22.9 Å². The number of nitrogens with one attached hydrogen (secondary N) is 1. The van der Waals surface area contributed by atoms with E-state index in [9.17, 15) is 28.1 Å². The molecule has 0 aliphatic heterocycles. The van der Waals surface area contributed by atoms with Gasteiger partial charge in [0.2, 0.25) is 0 Å². The van der Waals surface area contributed by atoms with Crippen LogP contribution in [0.15, 0.2) is 18.5 Å². The predicted octanol–water partition coefficient (Wildman–Crippen LogP) is 0.974. The van der Waals surface area contributed by atoms with Gasteiger partial charge in [-0.05, 0) is 0 Å². The molecule has 0 unspecified atom stereocenters. The second-order valence-electron chi connectivity index (χ2n) is 4.51. The van der Waals surface area contributed by atoms with Gasteiger partial charge in [0, 0.05) is 19.7 Å². The summed E-state index contributed by atoms with van der Waals surface area (Å²) in [5.41, 5.74) is -1.60. The maximum absolute atomic E-state index is 12.5. The first kappa shape index (κ1) is 16.5. The SMILES string of the molecule is Cn1nc(C(F)(F)F)cc1C(=O)NCCn1cc([N+](=O)[O-])cn1. The van der Waals surface area contributed by atoms with Gasteiger partial charge in [-0.2, -0.15) is 23.4 Å². The molecule has 12 heteroatoms. The van der Waals surface area contributed by atoms with Crippen LogP contribution in [0.4, 0.5) is 18.9 Å². The molecule has 1 N–H and O–H groups in total. The van der Waals surface area contributed by atoms with Gasteiger partial charge >= 0.3 is 11.9 Å². The molecule has 23 heavy (non-hydrogen) atoms. The number of carbonyl (C=O) groups excluding carboxylic acids is 1. The number of hydrogen-bond donors (Lipinski definition) is 1. The molecule has 0 bridgehead atoms. The van der Waals surface area contributed by atoms with Crippen molar-refractivity contribution in [1.29, 1.82) is 0 Å². The van der Waals surface area contributed by atoms with Crippen LogP contribution in [-0.2, 0) is 19.8 Å². The van der Waals surface area contributed by atoms with Crippen LogP contribution in [0.2, 0.25) is 0 Å². The number of hydrogen-bond acceptors (Lipinski definition) is 5. The Morgan fingerprint density at radius 3 is 2.70 bits per heavy atom. The maximum Gasteiger partial charge on any atom is 0.435 e. The van der Waals surface area contributed by atoms with Crippen molar-refractivity contribution in [2.75, 3.05) is 6.54 Å². The Morgan fingerprint density at radius 1 is 1.48 bits per heavy atom. The molecule has 0 radical (unpaired) electrons. The van der Waals surface area contributed by atoms with Crippen LogP contribution in [0, 0.1) is 10.1 Å². The van der Waals surface area contributed by atoms with Crippen molar-refractivity contribution >= 4 is 11.6 Å². The molecule has 124 valence electrons. The monoisotopic (exact) mass is 332 g/mol. The summed E-state index contributed by atoms with van der Waals surface area (Å²) < 4.78 is 39.6. The van der Waals surface area contributed by atoms with E-state index < -0.39 is 22.7 Å². The Morgan fingerprint density at radius 2 is 2.17 bits per heavy atom. The van der Waals surface area contributed by atoms with Crippen LogP contribution < -0.4 is 5.32 Å². The van der Waals surface area contributed by atoms with E-state index in [1.54, 1.807) is 0 Å². The highest BCUT2D eigenvalue weighted by Crippen LogP contribution is 2.28. The van der Waals surface area contributed by atoms with E-state index in [-0.39, 0.29) is 24.5 Å². The highest BCUT2D eigenvalue weighted by Gasteiger charge is 2.35. The van der Waals surface area contributed by atoms with E-state index in [0.29, 0.717) is 6.07 Å². The number of halogens is 3. The summed E-state index contributed by atoms with van der Waals surface area (Å²) in [5, 5.41) is 19.8. The summed E-state index contributed by atoms with van der Waals surface area (Å²) >= 11 is 0. The van der Waals surface area contributed by atoms with E-state index in [1.807, 2.05) is 0 Å². The average molecular weight is 332 g/mol. The van der Waals surface area contributed by atoms with Crippen LogP contribution in [0.3, 0.4) is 0 Å². The van der Waals surface area contributed by atoms with Crippen LogP contribution in [0.5, 0.6) is 0 Å². The molecule has 0 saturated carbocycles. The molecule has 0 spiro atoms. The van der Waals surface area contributed by atoms with Gasteiger partial charge in [-0.15, -0.1) is 0 Å². The quantitative estimate of drug-likeness (QED) is 0.648. The minimum atomic E-state index is -4.63. The summed E-state index contributed by atoms with van der Waals surface area (Å²) in [7, 11) is 1.22. The van der Waals surface area contributed by atoms with E-state index in [2.05, 4.69) is 15.5 Å². The highest BCUT2D eigenvalue weighted by molar-refractivity contribution is 5.92. The molecule has 2 aromatic rings. The van der Waals surface area contributed by atoms with Gasteiger partial charge in [-0.1, -0.05) is 0 Å². The van der Waals surface area contributed by atoms with E-state index in [4.69, 9.17) is 0 Å². The van der Waals surface area contributed by atoms with Gasteiger partial charge in [0.05, 0.1) is 11.5 Å². The first-order chi connectivity index (χ1) is 10.7. The van der Waals surface area contributed by atoms with Gasteiger partial charge in [-0.25, -0.2) is 0 Å². The molecule has 9 nitrogen and oxygen atoms in total. The lowest BCUT2D eigenvalue weighted by Crippen LogP contribution is -2.29. The van der Waals surface area contributed by atoms with E-state index in [0.717, 1.165) is 10.9 Å². The number of aryl methyl sites for hydroxylation is 1. The molecule has 0 saturated heterocycles. The van der Waals surface area contributed by atoms with Gasteiger partial charge in [0.15, 0.2) is 5.69 Å². The summed E-state index contributed by atoms with van der Waals surface area (Å²) in [6, 6.07) is 0.647. The van der Waals surface area contributed by atoms with Crippen LogP contribution in [-0.4, -0.2) is 36.9 Å². The first-order valence-corrected chi connectivity index (χ1v) is 6.25. The molecule has 0 atom stereocenters. The Labute approximate surface area is 126 Å². The normalized spacial score (nSPS) is 11.5. The van der Waals surface area contributed by atoms with Gasteiger partial charge < -0.3 is 5.32 Å². The standard InChI is InChI=1S/C11H11F3N6O3/c1-18-8(4-9(17-18)11(12,13)14)10(21)15-2-3-19-6-7(5-16-19)20(22)23/h4-6H,2-3H2,1H3,(H,15,21). The van der Waals surface area contributed by atoms with E-state index in [1.165, 1.54) is 17.9 Å². The fraction of sp³-hybridized carbons (Fsp3) is 0.364. The summed E-state index contributed by atoms with van der Waals surface area (Å²) in [6.45, 7) is 0.160. The fourth-order valence-corrected chi connectivity index (χ4v) is 1.76. The fourth-order valence-electron chi connectivity index (χ4n) is 1.76.